The number of likely N-dealkylation sites (tertiary alicyclic amines) is 1. The highest BCUT2D eigenvalue weighted by atomic mass is 15.1. The van der Waals surface area contributed by atoms with E-state index in [4.69, 9.17) is 0 Å². The molecule has 1 fully saturated rings. The number of hydrogen-bond donors (Lipinski definition) is 0. The first-order chi connectivity index (χ1) is 5.86. The number of piperidine rings is 1. The molecule has 0 aromatic rings. The Morgan fingerprint density at radius 3 is 2.67 bits per heavy atom. The summed E-state index contributed by atoms with van der Waals surface area (Å²) in [6, 6.07) is 0.547. The van der Waals surface area contributed by atoms with Crippen molar-refractivity contribution in [3.8, 4) is 0 Å². The molecular formula is C10H18N2. The van der Waals surface area contributed by atoms with E-state index in [0.29, 0.717) is 6.04 Å². The van der Waals surface area contributed by atoms with Gasteiger partial charge in [-0.25, -0.2) is 0 Å². The van der Waals surface area contributed by atoms with Crippen LogP contribution in [0.15, 0.2) is 17.6 Å². The third-order valence-corrected chi connectivity index (χ3v) is 2.41. The average Bonchev–Trinajstić information content (AvgIpc) is 2.15. The highest BCUT2D eigenvalue weighted by Gasteiger charge is 2.15. The van der Waals surface area contributed by atoms with Gasteiger partial charge >= 0.3 is 0 Å². The number of rotatable bonds is 3. The van der Waals surface area contributed by atoms with E-state index < -0.39 is 0 Å². The molecule has 68 valence electrons. The number of allylic oxidation sites excluding steroid dienone is 1. The molecule has 0 aromatic heterocycles. The zero-order valence-corrected chi connectivity index (χ0v) is 7.87. The minimum Gasteiger partial charge on any atom is -0.303 e. The minimum atomic E-state index is 0.547. The Kier molecular flexibility index (Phi) is 4.01. The molecule has 0 spiro atoms. The summed E-state index contributed by atoms with van der Waals surface area (Å²) in [5, 5.41) is 0. The van der Waals surface area contributed by atoms with Gasteiger partial charge in [0.05, 0.1) is 6.04 Å². The standard InChI is InChI=1S/C10H18N2/c1-3-7-11-10-5-8-12(4-2)9-6-10/h3,7,10H,1,4-6,8-9H2,2H3. The van der Waals surface area contributed by atoms with Gasteiger partial charge in [0.15, 0.2) is 0 Å². The molecule has 2 nitrogen and oxygen atoms in total. The zero-order valence-electron chi connectivity index (χ0n) is 7.87. The van der Waals surface area contributed by atoms with Crippen LogP contribution in [-0.2, 0) is 0 Å². The Labute approximate surface area is 75.0 Å². The third-order valence-electron chi connectivity index (χ3n) is 2.41. The van der Waals surface area contributed by atoms with Crippen molar-refractivity contribution >= 4 is 6.21 Å². The maximum Gasteiger partial charge on any atom is 0.0523 e. The van der Waals surface area contributed by atoms with Crippen molar-refractivity contribution in [3.05, 3.63) is 12.7 Å². The van der Waals surface area contributed by atoms with E-state index in [1.54, 1.807) is 6.08 Å². The van der Waals surface area contributed by atoms with Gasteiger partial charge in [-0.1, -0.05) is 19.6 Å². The molecule has 0 radical (unpaired) electrons. The van der Waals surface area contributed by atoms with Crippen molar-refractivity contribution < 1.29 is 0 Å². The van der Waals surface area contributed by atoms with Crippen LogP contribution in [0.2, 0.25) is 0 Å². The van der Waals surface area contributed by atoms with E-state index in [9.17, 15) is 0 Å². The predicted molar refractivity (Wildman–Crippen MR) is 53.8 cm³/mol. The Bertz CT molecular complexity index is 155. The second-order valence-electron chi connectivity index (χ2n) is 3.20. The van der Waals surface area contributed by atoms with Crippen molar-refractivity contribution in [1.82, 2.24) is 4.90 Å². The van der Waals surface area contributed by atoms with Crippen molar-refractivity contribution in [3.63, 3.8) is 0 Å². The van der Waals surface area contributed by atoms with Crippen LogP contribution in [0.1, 0.15) is 19.8 Å². The van der Waals surface area contributed by atoms with E-state index >= 15 is 0 Å². The van der Waals surface area contributed by atoms with E-state index in [2.05, 4.69) is 23.4 Å². The lowest BCUT2D eigenvalue weighted by Crippen LogP contribution is -2.34. The topological polar surface area (TPSA) is 15.6 Å². The lowest BCUT2D eigenvalue weighted by Gasteiger charge is -2.28. The molecule has 0 amide bonds. The average molecular weight is 166 g/mol. The van der Waals surface area contributed by atoms with Gasteiger partial charge in [-0.2, -0.15) is 0 Å². The van der Waals surface area contributed by atoms with E-state index in [-0.39, 0.29) is 0 Å². The summed E-state index contributed by atoms with van der Waals surface area (Å²) in [6.45, 7) is 9.42. The smallest absolute Gasteiger partial charge is 0.0523 e. The molecule has 0 bridgehead atoms. The molecule has 1 heterocycles. The van der Waals surface area contributed by atoms with Crippen molar-refractivity contribution in [2.75, 3.05) is 19.6 Å². The molecule has 0 aliphatic carbocycles. The van der Waals surface area contributed by atoms with E-state index in [1.807, 2.05) is 6.21 Å². The van der Waals surface area contributed by atoms with Crippen molar-refractivity contribution in [2.45, 2.75) is 25.8 Å². The number of nitrogens with zero attached hydrogens (tertiary/aromatic N) is 2. The molecule has 0 saturated carbocycles. The normalized spacial score (nSPS) is 21.8. The second kappa shape index (κ2) is 5.09. The van der Waals surface area contributed by atoms with Crippen LogP contribution in [0, 0.1) is 0 Å². The fraction of sp³-hybridized carbons (Fsp3) is 0.700. The summed E-state index contributed by atoms with van der Waals surface area (Å²) in [6.07, 6.45) is 5.99. The van der Waals surface area contributed by atoms with Crippen LogP contribution in [0.25, 0.3) is 0 Å². The first-order valence-corrected chi connectivity index (χ1v) is 4.73. The van der Waals surface area contributed by atoms with Crippen LogP contribution < -0.4 is 0 Å². The molecule has 2 heteroatoms. The van der Waals surface area contributed by atoms with Crippen LogP contribution >= 0.6 is 0 Å². The zero-order chi connectivity index (χ0) is 8.81. The van der Waals surface area contributed by atoms with E-state index in [1.165, 1.54) is 32.5 Å². The molecule has 0 aromatic carbocycles. The minimum absolute atomic E-state index is 0.547. The van der Waals surface area contributed by atoms with Gasteiger partial charge < -0.3 is 4.90 Å². The maximum absolute atomic E-state index is 4.40. The SMILES string of the molecule is C=CC=NC1CCN(CC)CC1. The van der Waals surface area contributed by atoms with Gasteiger partial charge in [0, 0.05) is 19.3 Å². The van der Waals surface area contributed by atoms with Gasteiger partial charge in [0.2, 0.25) is 0 Å². The van der Waals surface area contributed by atoms with Crippen LogP contribution in [0.4, 0.5) is 0 Å². The number of aliphatic imine (C=N–C) groups is 1. The Hall–Kier alpha value is -0.630. The fourth-order valence-electron chi connectivity index (χ4n) is 1.57. The Morgan fingerprint density at radius 1 is 1.50 bits per heavy atom. The monoisotopic (exact) mass is 166 g/mol. The lowest BCUT2D eigenvalue weighted by atomic mass is 10.1. The van der Waals surface area contributed by atoms with Gasteiger partial charge in [-0.15, -0.1) is 0 Å². The van der Waals surface area contributed by atoms with Crippen LogP contribution in [0.3, 0.4) is 0 Å². The highest BCUT2D eigenvalue weighted by molar-refractivity contribution is 5.70. The summed E-state index contributed by atoms with van der Waals surface area (Å²) in [5.74, 6) is 0. The summed E-state index contributed by atoms with van der Waals surface area (Å²) < 4.78 is 0. The quantitative estimate of drug-likeness (QED) is 0.583. The van der Waals surface area contributed by atoms with Crippen LogP contribution in [0.5, 0.6) is 0 Å². The molecule has 0 N–H and O–H groups in total. The molecule has 0 unspecified atom stereocenters. The molecular weight excluding hydrogens is 148 g/mol. The van der Waals surface area contributed by atoms with E-state index in [0.717, 1.165) is 0 Å². The lowest BCUT2D eigenvalue weighted by molar-refractivity contribution is 0.224. The summed E-state index contributed by atoms with van der Waals surface area (Å²) in [4.78, 5) is 6.87. The molecule has 1 rings (SSSR count). The van der Waals surface area contributed by atoms with Gasteiger partial charge in [0.25, 0.3) is 0 Å². The third kappa shape index (κ3) is 2.78. The largest absolute Gasteiger partial charge is 0.303 e. The number of hydrogen-bond acceptors (Lipinski definition) is 2. The van der Waals surface area contributed by atoms with Gasteiger partial charge in [-0.05, 0) is 19.4 Å². The Morgan fingerprint density at radius 2 is 2.17 bits per heavy atom. The summed E-state index contributed by atoms with van der Waals surface area (Å²) in [5.41, 5.74) is 0. The van der Waals surface area contributed by atoms with Crippen molar-refractivity contribution in [2.24, 2.45) is 4.99 Å². The predicted octanol–water partition coefficient (Wildman–Crippen LogP) is 1.73. The molecule has 0 atom stereocenters. The summed E-state index contributed by atoms with van der Waals surface area (Å²) in [7, 11) is 0. The molecule has 12 heavy (non-hydrogen) atoms. The first-order valence-electron chi connectivity index (χ1n) is 4.73. The van der Waals surface area contributed by atoms with Gasteiger partial charge in [0.1, 0.15) is 0 Å². The van der Waals surface area contributed by atoms with Gasteiger partial charge in [-0.3, -0.25) is 4.99 Å². The molecule has 1 saturated heterocycles. The second-order valence-corrected chi connectivity index (χ2v) is 3.20. The highest BCUT2D eigenvalue weighted by Crippen LogP contribution is 2.12. The molecule has 1 aliphatic heterocycles. The summed E-state index contributed by atoms with van der Waals surface area (Å²) >= 11 is 0. The Balaban J connectivity index is 2.25. The van der Waals surface area contributed by atoms with Crippen molar-refractivity contribution in [1.29, 1.82) is 0 Å². The fourth-order valence-corrected chi connectivity index (χ4v) is 1.57. The maximum atomic E-state index is 4.40. The first kappa shape index (κ1) is 9.46. The molecule has 1 aliphatic rings. The van der Waals surface area contributed by atoms with Crippen LogP contribution in [-0.4, -0.2) is 36.8 Å².